The van der Waals surface area contributed by atoms with Gasteiger partial charge in [0.2, 0.25) is 10.0 Å². The maximum absolute atomic E-state index is 12.8. The maximum Gasteiger partial charge on any atom is 0.244 e. The fourth-order valence-corrected chi connectivity index (χ4v) is 4.82. The van der Waals surface area contributed by atoms with Crippen LogP contribution in [0.4, 0.5) is 0 Å². The zero-order valence-electron chi connectivity index (χ0n) is 12.8. The number of rotatable bonds is 8. The lowest BCUT2D eigenvalue weighted by Gasteiger charge is -2.22. The van der Waals surface area contributed by atoms with Crippen LogP contribution >= 0.6 is 23.2 Å². The van der Waals surface area contributed by atoms with E-state index in [2.05, 4.69) is 0 Å². The first kappa shape index (κ1) is 18.0. The molecule has 0 radical (unpaired) electrons. The molecule has 22 heavy (non-hydrogen) atoms. The molecule has 1 aliphatic heterocycles. The fraction of sp³-hybridized carbons (Fsp3) is 0.600. The summed E-state index contributed by atoms with van der Waals surface area (Å²) in [5.41, 5.74) is 0.825. The highest BCUT2D eigenvalue weighted by Gasteiger charge is 2.29. The van der Waals surface area contributed by atoms with Crippen LogP contribution in [-0.2, 0) is 21.2 Å². The molecule has 1 aromatic carbocycles. The lowest BCUT2D eigenvalue weighted by molar-refractivity contribution is 0.407. The Morgan fingerprint density at radius 3 is 2.27 bits per heavy atom. The Balaban J connectivity index is 2.35. The molecule has 1 aliphatic rings. The van der Waals surface area contributed by atoms with Crippen molar-refractivity contribution < 1.29 is 13.2 Å². The summed E-state index contributed by atoms with van der Waals surface area (Å²) in [5, 5.41) is 0.420. The molecular weight excluding hydrogens is 345 g/mol. The van der Waals surface area contributed by atoms with Gasteiger partial charge >= 0.3 is 0 Å². The number of halogens is 2. The van der Waals surface area contributed by atoms with E-state index in [-0.39, 0.29) is 16.0 Å². The van der Waals surface area contributed by atoms with Crippen molar-refractivity contribution in [1.29, 1.82) is 0 Å². The summed E-state index contributed by atoms with van der Waals surface area (Å²) < 4.78 is 32.2. The van der Waals surface area contributed by atoms with Gasteiger partial charge in [0.1, 0.15) is 4.90 Å². The fourth-order valence-electron chi connectivity index (χ4n) is 2.35. The van der Waals surface area contributed by atoms with Crippen LogP contribution in [0.15, 0.2) is 17.0 Å². The number of hydrogen-bond donors (Lipinski definition) is 0. The minimum atomic E-state index is -3.62. The molecule has 1 atom stereocenters. The van der Waals surface area contributed by atoms with E-state index >= 15 is 0 Å². The van der Waals surface area contributed by atoms with Crippen molar-refractivity contribution in [3.63, 3.8) is 0 Å². The number of benzene rings is 1. The Hall–Kier alpha value is -0.330. The van der Waals surface area contributed by atoms with E-state index in [9.17, 15) is 8.42 Å². The van der Waals surface area contributed by atoms with Gasteiger partial charge in [0, 0.05) is 19.5 Å². The number of ether oxygens (including phenoxy) is 1. The zero-order valence-corrected chi connectivity index (χ0v) is 15.1. The van der Waals surface area contributed by atoms with Gasteiger partial charge in [-0.1, -0.05) is 43.1 Å². The molecule has 0 amide bonds. The van der Waals surface area contributed by atoms with Gasteiger partial charge in [0.15, 0.2) is 0 Å². The third kappa shape index (κ3) is 3.95. The van der Waals surface area contributed by atoms with E-state index in [1.54, 1.807) is 12.1 Å². The average Bonchev–Trinajstić information content (AvgIpc) is 3.27. The lowest BCUT2D eigenvalue weighted by Crippen LogP contribution is -2.32. The predicted octanol–water partition coefficient (Wildman–Crippen LogP) is 3.75. The number of epoxide rings is 1. The molecule has 1 aromatic rings. The Morgan fingerprint density at radius 2 is 1.77 bits per heavy atom. The second-order valence-corrected chi connectivity index (χ2v) is 8.08. The summed E-state index contributed by atoms with van der Waals surface area (Å²) in [6.45, 7) is 5.56. The van der Waals surface area contributed by atoms with Gasteiger partial charge in [0.25, 0.3) is 0 Å². The quantitative estimate of drug-likeness (QED) is 0.659. The van der Waals surface area contributed by atoms with Gasteiger partial charge in [-0.15, -0.1) is 0 Å². The summed E-state index contributed by atoms with van der Waals surface area (Å²) in [6, 6.07) is 3.29. The predicted molar refractivity (Wildman–Crippen MR) is 89.2 cm³/mol. The van der Waals surface area contributed by atoms with Crippen LogP contribution in [0.3, 0.4) is 0 Å². The molecule has 1 fully saturated rings. The molecule has 0 saturated carbocycles. The molecule has 1 unspecified atom stereocenters. The van der Waals surface area contributed by atoms with Crippen molar-refractivity contribution in [2.45, 2.75) is 44.1 Å². The Bertz CT molecular complexity index is 624. The molecular formula is C15H21Cl2NO3S. The molecule has 1 saturated heterocycles. The second-order valence-electron chi connectivity index (χ2n) is 5.41. The SMILES string of the molecule is CCCN(CCC)S(=O)(=O)c1ccc(CC2CO2)c(Cl)c1Cl. The van der Waals surface area contributed by atoms with E-state index in [0.717, 1.165) is 25.0 Å². The van der Waals surface area contributed by atoms with Gasteiger partial charge in [-0.2, -0.15) is 4.31 Å². The highest BCUT2D eigenvalue weighted by atomic mass is 35.5. The number of hydrogen-bond acceptors (Lipinski definition) is 3. The summed E-state index contributed by atoms with van der Waals surface area (Å²) in [6.07, 6.45) is 2.34. The van der Waals surface area contributed by atoms with Gasteiger partial charge in [-0.05, 0) is 24.5 Å². The van der Waals surface area contributed by atoms with Crippen molar-refractivity contribution >= 4 is 33.2 Å². The Labute approximate surface area is 142 Å². The molecule has 0 N–H and O–H groups in total. The normalized spacial score (nSPS) is 18.0. The molecule has 2 rings (SSSR count). The minimum absolute atomic E-state index is 0.0848. The van der Waals surface area contributed by atoms with Crippen LogP contribution in [-0.4, -0.2) is 38.5 Å². The summed E-state index contributed by atoms with van der Waals surface area (Å²) in [5.74, 6) is 0. The van der Waals surface area contributed by atoms with Crippen molar-refractivity contribution in [2.75, 3.05) is 19.7 Å². The van der Waals surface area contributed by atoms with Gasteiger partial charge in [0.05, 0.1) is 22.8 Å². The average molecular weight is 366 g/mol. The summed E-state index contributed by atoms with van der Waals surface area (Å²) in [7, 11) is -3.62. The third-order valence-electron chi connectivity index (χ3n) is 3.54. The molecule has 124 valence electrons. The highest BCUT2D eigenvalue weighted by molar-refractivity contribution is 7.89. The maximum atomic E-state index is 12.8. The van der Waals surface area contributed by atoms with Crippen LogP contribution in [0.5, 0.6) is 0 Å². The first-order chi connectivity index (χ1) is 10.4. The highest BCUT2D eigenvalue weighted by Crippen LogP contribution is 2.35. The first-order valence-corrected chi connectivity index (χ1v) is 9.70. The van der Waals surface area contributed by atoms with Crippen molar-refractivity contribution in [2.24, 2.45) is 0 Å². The molecule has 0 spiro atoms. The van der Waals surface area contributed by atoms with Gasteiger partial charge < -0.3 is 4.74 Å². The zero-order chi connectivity index (χ0) is 16.3. The number of sulfonamides is 1. The Morgan fingerprint density at radius 1 is 1.18 bits per heavy atom. The molecule has 4 nitrogen and oxygen atoms in total. The van der Waals surface area contributed by atoms with E-state index in [1.165, 1.54) is 4.31 Å². The van der Waals surface area contributed by atoms with E-state index < -0.39 is 10.0 Å². The largest absolute Gasteiger partial charge is 0.373 e. The number of nitrogens with zero attached hydrogens (tertiary/aromatic N) is 1. The van der Waals surface area contributed by atoms with Crippen molar-refractivity contribution in [1.82, 2.24) is 4.31 Å². The molecule has 0 aromatic heterocycles. The van der Waals surface area contributed by atoms with E-state index in [4.69, 9.17) is 27.9 Å². The molecule has 7 heteroatoms. The molecule has 1 heterocycles. The van der Waals surface area contributed by atoms with E-state index in [1.807, 2.05) is 13.8 Å². The lowest BCUT2D eigenvalue weighted by atomic mass is 10.1. The molecule has 0 aliphatic carbocycles. The van der Waals surface area contributed by atoms with Crippen molar-refractivity contribution in [3.8, 4) is 0 Å². The van der Waals surface area contributed by atoms with Gasteiger partial charge in [-0.25, -0.2) is 8.42 Å². The van der Waals surface area contributed by atoms with Crippen LogP contribution in [0, 0.1) is 0 Å². The standard InChI is InChI=1S/C15H21Cl2NO3S/c1-3-7-18(8-4-2)22(19,20)13-6-5-11(9-12-10-21-12)14(16)15(13)17/h5-6,12H,3-4,7-10H2,1-2H3. The van der Waals surface area contributed by atoms with E-state index in [0.29, 0.717) is 24.5 Å². The van der Waals surface area contributed by atoms with Crippen LogP contribution in [0.25, 0.3) is 0 Å². The summed E-state index contributed by atoms with van der Waals surface area (Å²) >= 11 is 12.5. The topological polar surface area (TPSA) is 49.9 Å². The van der Waals surface area contributed by atoms with Crippen molar-refractivity contribution in [3.05, 3.63) is 27.7 Å². The van der Waals surface area contributed by atoms with Crippen LogP contribution < -0.4 is 0 Å². The smallest absolute Gasteiger partial charge is 0.244 e. The van der Waals surface area contributed by atoms with Crippen LogP contribution in [0.2, 0.25) is 10.0 Å². The monoisotopic (exact) mass is 365 g/mol. The van der Waals surface area contributed by atoms with Gasteiger partial charge in [-0.3, -0.25) is 0 Å². The third-order valence-corrected chi connectivity index (χ3v) is 6.51. The first-order valence-electron chi connectivity index (χ1n) is 7.50. The molecule has 0 bridgehead atoms. The van der Waals surface area contributed by atoms with Crippen LogP contribution in [0.1, 0.15) is 32.3 Å². The Kier molecular flexibility index (Phi) is 6.14. The second kappa shape index (κ2) is 7.49. The minimum Gasteiger partial charge on any atom is -0.373 e. The summed E-state index contributed by atoms with van der Waals surface area (Å²) in [4.78, 5) is 0.0848.